The van der Waals surface area contributed by atoms with E-state index in [9.17, 15) is 4.79 Å². The fourth-order valence-electron chi connectivity index (χ4n) is 2.07. The zero-order chi connectivity index (χ0) is 13.1. The third-order valence-corrected chi connectivity index (χ3v) is 4.10. The first-order valence-corrected chi connectivity index (χ1v) is 6.27. The third kappa shape index (κ3) is 2.53. The lowest BCUT2D eigenvalue weighted by Crippen LogP contribution is -2.56. The van der Waals surface area contributed by atoms with Gasteiger partial charge < -0.3 is 16.3 Å². The van der Waals surface area contributed by atoms with Gasteiger partial charge in [0.15, 0.2) is 5.84 Å². The second kappa shape index (κ2) is 5.38. The lowest BCUT2D eigenvalue weighted by molar-refractivity contribution is -0.132. The van der Waals surface area contributed by atoms with Crippen molar-refractivity contribution in [3.63, 3.8) is 0 Å². The predicted molar refractivity (Wildman–Crippen MR) is 66.8 cm³/mol. The van der Waals surface area contributed by atoms with E-state index < -0.39 is 5.41 Å². The van der Waals surface area contributed by atoms with Gasteiger partial charge in [-0.1, -0.05) is 31.8 Å². The molecule has 1 rings (SSSR count). The highest BCUT2D eigenvalue weighted by atomic mass is 16.4. The van der Waals surface area contributed by atoms with E-state index in [-0.39, 0.29) is 17.8 Å². The Morgan fingerprint density at radius 1 is 1.53 bits per heavy atom. The number of carbonyl (C=O) groups is 1. The minimum absolute atomic E-state index is 0.0394. The molecule has 1 fully saturated rings. The van der Waals surface area contributed by atoms with Gasteiger partial charge in [0.2, 0.25) is 5.91 Å². The van der Waals surface area contributed by atoms with E-state index in [1.165, 1.54) is 0 Å². The summed E-state index contributed by atoms with van der Waals surface area (Å²) in [4.78, 5) is 12.2. The van der Waals surface area contributed by atoms with Crippen LogP contribution in [0.1, 0.15) is 46.5 Å². The van der Waals surface area contributed by atoms with E-state index in [1.807, 2.05) is 6.92 Å². The van der Waals surface area contributed by atoms with Crippen LogP contribution >= 0.6 is 0 Å². The molecule has 0 radical (unpaired) electrons. The van der Waals surface area contributed by atoms with E-state index in [4.69, 9.17) is 10.9 Å². The van der Waals surface area contributed by atoms with Gasteiger partial charge in [0.1, 0.15) is 5.41 Å². The number of rotatable bonds is 5. The summed E-state index contributed by atoms with van der Waals surface area (Å²) in [5.41, 5.74) is 4.87. The second-order valence-electron chi connectivity index (χ2n) is 5.07. The van der Waals surface area contributed by atoms with Crippen molar-refractivity contribution in [2.24, 2.45) is 22.2 Å². The van der Waals surface area contributed by atoms with Gasteiger partial charge in [-0.2, -0.15) is 0 Å². The van der Waals surface area contributed by atoms with Crippen LogP contribution in [-0.2, 0) is 4.79 Å². The van der Waals surface area contributed by atoms with Crippen LogP contribution in [0.3, 0.4) is 0 Å². The molecule has 0 aliphatic heterocycles. The molecular weight excluding hydrogens is 218 g/mol. The minimum Gasteiger partial charge on any atom is -0.409 e. The summed E-state index contributed by atoms with van der Waals surface area (Å²) in [6, 6.07) is 0.108. The molecule has 0 heterocycles. The van der Waals surface area contributed by atoms with Gasteiger partial charge in [-0.25, -0.2) is 0 Å². The van der Waals surface area contributed by atoms with Gasteiger partial charge >= 0.3 is 0 Å². The van der Waals surface area contributed by atoms with Gasteiger partial charge in [-0.15, -0.1) is 0 Å². The van der Waals surface area contributed by atoms with Gasteiger partial charge in [-0.3, -0.25) is 4.79 Å². The number of carbonyl (C=O) groups excluding carboxylic acids is 1. The molecule has 2 unspecified atom stereocenters. The number of nitrogens with two attached hydrogens (primary N) is 1. The van der Waals surface area contributed by atoms with Crippen molar-refractivity contribution >= 4 is 11.7 Å². The Balaban J connectivity index is 2.69. The molecule has 0 aromatic carbocycles. The number of hydrogen-bond acceptors (Lipinski definition) is 3. The van der Waals surface area contributed by atoms with E-state index in [0.717, 1.165) is 12.8 Å². The van der Waals surface area contributed by atoms with Gasteiger partial charge in [0.05, 0.1) is 0 Å². The first-order chi connectivity index (χ1) is 7.97. The molecular formula is C12H23N3O2. The van der Waals surface area contributed by atoms with Gasteiger partial charge in [-0.05, 0) is 25.7 Å². The van der Waals surface area contributed by atoms with E-state index in [1.54, 1.807) is 0 Å². The van der Waals surface area contributed by atoms with Crippen LogP contribution in [0.4, 0.5) is 0 Å². The largest absolute Gasteiger partial charge is 0.409 e. The minimum atomic E-state index is -0.767. The average molecular weight is 241 g/mol. The van der Waals surface area contributed by atoms with E-state index >= 15 is 0 Å². The van der Waals surface area contributed by atoms with Crippen molar-refractivity contribution in [3.05, 3.63) is 0 Å². The number of amides is 1. The maximum atomic E-state index is 12.2. The standard InChI is InChI=1S/C12H23N3O2/c1-4-8(2)9(3)14-11(16)12(6-5-7-12)10(13)15-17/h8-9,17H,4-7H2,1-3H3,(H2,13,15)(H,14,16). The Kier molecular flexibility index (Phi) is 4.37. The van der Waals surface area contributed by atoms with Crippen molar-refractivity contribution in [1.82, 2.24) is 5.32 Å². The summed E-state index contributed by atoms with van der Waals surface area (Å²) in [6.45, 7) is 6.18. The highest BCUT2D eigenvalue weighted by Crippen LogP contribution is 2.41. The Morgan fingerprint density at radius 3 is 2.47 bits per heavy atom. The number of hydrogen-bond donors (Lipinski definition) is 3. The Labute approximate surface area is 102 Å². The van der Waals surface area contributed by atoms with Crippen molar-refractivity contribution in [1.29, 1.82) is 0 Å². The van der Waals surface area contributed by atoms with Crippen molar-refractivity contribution < 1.29 is 10.0 Å². The molecule has 2 atom stereocenters. The molecule has 1 aliphatic rings. The monoisotopic (exact) mass is 241 g/mol. The highest BCUT2D eigenvalue weighted by molar-refractivity contribution is 6.07. The summed E-state index contributed by atoms with van der Waals surface area (Å²) >= 11 is 0. The molecule has 98 valence electrons. The number of oxime groups is 1. The van der Waals surface area contributed by atoms with Crippen LogP contribution in [0.15, 0.2) is 5.16 Å². The predicted octanol–water partition coefficient (Wildman–Crippen LogP) is 1.45. The zero-order valence-corrected chi connectivity index (χ0v) is 10.9. The summed E-state index contributed by atoms with van der Waals surface area (Å²) in [5, 5.41) is 14.7. The number of amidine groups is 1. The van der Waals surface area contributed by atoms with Crippen LogP contribution in [0.5, 0.6) is 0 Å². The fraction of sp³-hybridized carbons (Fsp3) is 0.833. The first kappa shape index (κ1) is 13.8. The lowest BCUT2D eigenvalue weighted by Gasteiger charge is -2.39. The average Bonchev–Trinajstić information content (AvgIpc) is 2.25. The van der Waals surface area contributed by atoms with Crippen LogP contribution < -0.4 is 11.1 Å². The molecule has 0 aromatic rings. The molecule has 5 nitrogen and oxygen atoms in total. The maximum absolute atomic E-state index is 12.2. The molecule has 1 saturated carbocycles. The molecule has 5 heteroatoms. The molecule has 0 aromatic heterocycles. The highest BCUT2D eigenvalue weighted by Gasteiger charge is 2.48. The third-order valence-electron chi connectivity index (χ3n) is 4.10. The Hall–Kier alpha value is -1.26. The van der Waals surface area contributed by atoms with E-state index in [0.29, 0.717) is 18.8 Å². The summed E-state index contributed by atoms with van der Waals surface area (Å²) in [5.74, 6) is 0.354. The smallest absolute Gasteiger partial charge is 0.234 e. The van der Waals surface area contributed by atoms with Crippen LogP contribution in [0.25, 0.3) is 0 Å². The lowest BCUT2D eigenvalue weighted by atomic mass is 9.67. The summed E-state index contributed by atoms with van der Waals surface area (Å²) in [7, 11) is 0. The molecule has 1 amide bonds. The summed E-state index contributed by atoms with van der Waals surface area (Å²) in [6.07, 6.45) is 3.29. The van der Waals surface area contributed by atoms with Crippen molar-refractivity contribution in [3.8, 4) is 0 Å². The normalized spacial score (nSPS) is 22.4. The van der Waals surface area contributed by atoms with E-state index in [2.05, 4.69) is 24.3 Å². The molecule has 0 spiro atoms. The maximum Gasteiger partial charge on any atom is 0.234 e. The second-order valence-corrected chi connectivity index (χ2v) is 5.07. The quantitative estimate of drug-likeness (QED) is 0.295. The SMILES string of the molecule is CCC(C)C(C)NC(=O)C1(C(N)=NO)CCC1. The summed E-state index contributed by atoms with van der Waals surface area (Å²) < 4.78 is 0. The van der Waals surface area contributed by atoms with Gasteiger partial charge in [0, 0.05) is 6.04 Å². The van der Waals surface area contributed by atoms with Crippen LogP contribution in [-0.4, -0.2) is 23.0 Å². The van der Waals surface area contributed by atoms with Crippen LogP contribution in [0, 0.1) is 11.3 Å². The van der Waals surface area contributed by atoms with Crippen molar-refractivity contribution in [2.45, 2.75) is 52.5 Å². The topological polar surface area (TPSA) is 87.7 Å². The fourth-order valence-corrected chi connectivity index (χ4v) is 2.07. The Bertz CT molecular complexity index is 311. The molecule has 0 saturated heterocycles. The van der Waals surface area contributed by atoms with Crippen molar-refractivity contribution in [2.75, 3.05) is 0 Å². The first-order valence-electron chi connectivity index (χ1n) is 6.27. The number of nitrogens with zero attached hydrogens (tertiary/aromatic N) is 1. The zero-order valence-electron chi connectivity index (χ0n) is 10.9. The Morgan fingerprint density at radius 2 is 2.12 bits per heavy atom. The number of nitrogens with one attached hydrogen (secondary N) is 1. The van der Waals surface area contributed by atoms with Crippen LogP contribution in [0.2, 0.25) is 0 Å². The molecule has 0 bridgehead atoms. The van der Waals surface area contributed by atoms with Gasteiger partial charge in [0.25, 0.3) is 0 Å². The molecule has 4 N–H and O–H groups in total. The molecule has 17 heavy (non-hydrogen) atoms. The molecule has 1 aliphatic carbocycles.